The Kier molecular flexibility index (Phi) is 3.74. The van der Waals surface area contributed by atoms with Gasteiger partial charge in [-0.2, -0.15) is 5.10 Å². The minimum absolute atomic E-state index is 0.256. The van der Waals surface area contributed by atoms with Crippen molar-refractivity contribution in [1.82, 2.24) is 15.5 Å². The first-order valence-electron chi connectivity index (χ1n) is 5.87. The molecule has 1 fully saturated rings. The maximum absolute atomic E-state index is 11.6. The van der Waals surface area contributed by atoms with Gasteiger partial charge in [0.1, 0.15) is 0 Å². The van der Waals surface area contributed by atoms with Gasteiger partial charge >= 0.3 is 6.03 Å². The number of carbonyl (C=O) groups is 1. The molecule has 3 N–H and O–H groups in total. The lowest BCUT2D eigenvalue weighted by atomic mass is 9.96. The molecule has 1 heterocycles. The van der Waals surface area contributed by atoms with E-state index < -0.39 is 0 Å². The zero-order valence-corrected chi connectivity index (χ0v) is 9.53. The third-order valence-corrected chi connectivity index (χ3v) is 2.86. The van der Waals surface area contributed by atoms with E-state index in [9.17, 15) is 9.59 Å². The Bertz CT molecular complexity index is 417. The van der Waals surface area contributed by atoms with Gasteiger partial charge in [0.2, 0.25) is 0 Å². The van der Waals surface area contributed by atoms with Crippen molar-refractivity contribution in [2.24, 2.45) is 0 Å². The van der Waals surface area contributed by atoms with Crippen LogP contribution in [0.5, 0.6) is 0 Å². The summed E-state index contributed by atoms with van der Waals surface area (Å²) < 4.78 is 0. The fraction of sp³-hybridized carbons (Fsp3) is 0.545. The van der Waals surface area contributed by atoms with Crippen LogP contribution < -0.4 is 16.2 Å². The van der Waals surface area contributed by atoms with Gasteiger partial charge in [-0.1, -0.05) is 19.3 Å². The Morgan fingerprint density at radius 2 is 2.06 bits per heavy atom. The van der Waals surface area contributed by atoms with Crippen LogP contribution in [-0.2, 0) is 0 Å². The number of amides is 2. The molecule has 1 aromatic heterocycles. The predicted octanol–water partition coefficient (Wildman–Crippen LogP) is 1.22. The minimum Gasteiger partial charge on any atom is -0.335 e. The number of aromatic amines is 1. The minimum atomic E-state index is -0.289. The fourth-order valence-electron chi connectivity index (χ4n) is 2.00. The van der Waals surface area contributed by atoms with Gasteiger partial charge in [-0.25, -0.2) is 9.89 Å². The number of rotatable bonds is 2. The van der Waals surface area contributed by atoms with Crippen molar-refractivity contribution in [3.8, 4) is 0 Å². The van der Waals surface area contributed by atoms with Crippen LogP contribution in [0.15, 0.2) is 16.9 Å². The van der Waals surface area contributed by atoms with E-state index in [0.29, 0.717) is 5.82 Å². The summed E-state index contributed by atoms with van der Waals surface area (Å²) in [6.45, 7) is 0. The second kappa shape index (κ2) is 5.47. The molecule has 1 aromatic rings. The monoisotopic (exact) mass is 236 g/mol. The van der Waals surface area contributed by atoms with Gasteiger partial charge in [0.25, 0.3) is 5.56 Å². The van der Waals surface area contributed by atoms with Crippen LogP contribution in [-0.4, -0.2) is 22.3 Å². The molecule has 1 aliphatic carbocycles. The van der Waals surface area contributed by atoms with E-state index in [0.717, 1.165) is 12.8 Å². The van der Waals surface area contributed by atoms with Gasteiger partial charge in [0.15, 0.2) is 5.82 Å². The average molecular weight is 236 g/mol. The van der Waals surface area contributed by atoms with Gasteiger partial charge in [-0.05, 0) is 18.9 Å². The van der Waals surface area contributed by atoms with Gasteiger partial charge in [-0.3, -0.25) is 10.1 Å². The molecular weight excluding hydrogens is 220 g/mol. The summed E-state index contributed by atoms with van der Waals surface area (Å²) in [5.74, 6) is 0.345. The molecule has 17 heavy (non-hydrogen) atoms. The normalized spacial score (nSPS) is 16.5. The van der Waals surface area contributed by atoms with Gasteiger partial charge in [0.05, 0.1) is 0 Å². The molecule has 0 spiro atoms. The van der Waals surface area contributed by atoms with E-state index in [1.165, 1.54) is 31.4 Å². The lowest BCUT2D eigenvalue weighted by molar-refractivity contribution is 0.244. The zero-order chi connectivity index (χ0) is 12.1. The summed E-state index contributed by atoms with van der Waals surface area (Å²) in [5.41, 5.74) is -0.289. The van der Waals surface area contributed by atoms with Crippen LogP contribution in [0.25, 0.3) is 0 Å². The van der Waals surface area contributed by atoms with Crippen LogP contribution in [0, 0.1) is 0 Å². The molecule has 0 saturated heterocycles. The third-order valence-electron chi connectivity index (χ3n) is 2.86. The van der Waals surface area contributed by atoms with Gasteiger partial charge < -0.3 is 5.32 Å². The van der Waals surface area contributed by atoms with Crippen LogP contribution in [0.3, 0.4) is 0 Å². The molecule has 2 amide bonds. The highest BCUT2D eigenvalue weighted by molar-refractivity contribution is 5.88. The molecule has 6 nitrogen and oxygen atoms in total. The summed E-state index contributed by atoms with van der Waals surface area (Å²) in [6, 6.07) is 2.78. The highest BCUT2D eigenvalue weighted by Crippen LogP contribution is 2.17. The van der Waals surface area contributed by atoms with Crippen molar-refractivity contribution in [3.05, 3.63) is 22.5 Å². The number of nitrogens with one attached hydrogen (secondary N) is 3. The summed E-state index contributed by atoms with van der Waals surface area (Å²) in [5, 5.41) is 11.4. The molecule has 6 heteroatoms. The fourth-order valence-corrected chi connectivity index (χ4v) is 2.00. The van der Waals surface area contributed by atoms with Crippen LogP contribution in [0.4, 0.5) is 10.6 Å². The second-order valence-electron chi connectivity index (χ2n) is 4.24. The summed E-state index contributed by atoms with van der Waals surface area (Å²) in [7, 11) is 0. The molecule has 0 atom stereocenters. The number of anilines is 1. The maximum Gasteiger partial charge on any atom is 0.320 e. The molecule has 1 saturated carbocycles. The Hall–Kier alpha value is -1.85. The maximum atomic E-state index is 11.6. The third kappa shape index (κ3) is 3.58. The standard InChI is InChI=1S/C11H16N4O2/c16-10-7-6-9(14-15-10)13-11(17)12-8-4-2-1-3-5-8/h6-8H,1-5H2,(H,15,16)(H2,12,13,14,17). The smallest absolute Gasteiger partial charge is 0.320 e. The summed E-state index contributed by atoms with van der Waals surface area (Å²) >= 11 is 0. The molecule has 1 aliphatic rings. The molecule has 2 rings (SSSR count). The van der Waals surface area contributed by atoms with Crippen LogP contribution >= 0.6 is 0 Å². The Morgan fingerprint density at radius 1 is 1.29 bits per heavy atom. The number of nitrogens with zero attached hydrogens (tertiary/aromatic N) is 1. The van der Waals surface area contributed by atoms with E-state index in [4.69, 9.17) is 0 Å². The molecule has 0 unspecified atom stereocenters. The largest absolute Gasteiger partial charge is 0.335 e. The van der Waals surface area contributed by atoms with Gasteiger partial charge in [0, 0.05) is 12.1 Å². The van der Waals surface area contributed by atoms with Crippen molar-refractivity contribution in [2.45, 2.75) is 38.1 Å². The Morgan fingerprint density at radius 3 is 2.71 bits per heavy atom. The molecular formula is C11H16N4O2. The van der Waals surface area contributed by atoms with Crippen molar-refractivity contribution < 1.29 is 4.79 Å². The second-order valence-corrected chi connectivity index (χ2v) is 4.24. The molecule has 0 bridgehead atoms. The van der Waals surface area contributed by atoms with E-state index in [-0.39, 0.29) is 17.6 Å². The van der Waals surface area contributed by atoms with Crippen LogP contribution in [0.1, 0.15) is 32.1 Å². The van der Waals surface area contributed by atoms with E-state index in [1.807, 2.05) is 0 Å². The number of H-pyrrole nitrogens is 1. The van der Waals surface area contributed by atoms with Crippen molar-refractivity contribution in [2.75, 3.05) is 5.32 Å². The zero-order valence-electron chi connectivity index (χ0n) is 9.53. The molecule has 0 aliphatic heterocycles. The highest BCUT2D eigenvalue weighted by Gasteiger charge is 2.15. The Labute approximate surface area is 98.8 Å². The first-order chi connectivity index (χ1) is 8.24. The average Bonchev–Trinajstić information content (AvgIpc) is 2.33. The van der Waals surface area contributed by atoms with E-state index >= 15 is 0 Å². The van der Waals surface area contributed by atoms with Crippen molar-refractivity contribution >= 4 is 11.8 Å². The Balaban J connectivity index is 1.84. The van der Waals surface area contributed by atoms with E-state index in [1.54, 1.807) is 0 Å². The molecule has 0 aromatic carbocycles. The first kappa shape index (κ1) is 11.6. The summed E-state index contributed by atoms with van der Waals surface area (Å²) in [4.78, 5) is 22.4. The van der Waals surface area contributed by atoms with Gasteiger partial charge in [-0.15, -0.1) is 0 Å². The van der Waals surface area contributed by atoms with Crippen molar-refractivity contribution in [3.63, 3.8) is 0 Å². The molecule has 0 radical (unpaired) electrons. The summed E-state index contributed by atoms with van der Waals surface area (Å²) in [6.07, 6.45) is 5.66. The SMILES string of the molecule is O=C(Nc1ccc(=O)[nH]n1)NC1CCCCC1. The molecule has 92 valence electrons. The quantitative estimate of drug-likeness (QED) is 0.721. The number of hydrogen-bond donors (Lipinski definition) is 3. The topological polar surface area (TPSA) is 86.9 Å². The number of hydrogen-bond acceptors (Lipinski definition) is 3. The highest BCUT2D eigenvalue weighted by atomic mass is 16.2. The number of carbonyl (C=O) groups excluding carboxylic acids is 1. The lowest BCUT2D eigenvalue weighted by Gasteiger charge is -2.22. The van der Waals surface area contributed by atoms with Crippen molar-refractivity contribution in [1.29, 1.82) is 0 Å². The predicted molar refractivity (Wildman–Crippen MR) is 63.9 cm³/mol. The van der Waals surface area contributed by atoms with Crippen LogP contribution in [0.2, 0.25) is 0 Å². The van der Waals surface area contributed by atoms with E-state index in [2.05, 4.69) is 20.8 Å². The lowest BCUT2D eigenvalue weighted by Crippen LogP contribution is -2.39. The number of aromatic nitrogens is 2. The first-order valence-corrected chi connectivity index (χ1v) is 5.87. The number of urea groups is 1.